The Morgan fingerprint density at radius 1 is 1.12 bits per heavy atom. The van der Waals surface area contributed by atoms with Gasteiger partial charge in [0.15, 0.2) is 0 Å². The number of methoxy groups -OCH3 is 1. The minimum atomic E-state index is -0.598. The molecule has 2 heterocycles. The summed E-state index contributed by atoms with van der Waals surface area (Å²) in [4.78, 5) is 29.1. The Labute approximate surface area is 193 Å². The van der Waals surface area contributed by atoms with Crippen LogP contribution in [0.5, 0.6) is 5.75 Å². The summed E-state index contributed by atoms with van der Waals surface area (Å²) in [6.07, 6.45) is 5.05. The first kappa shape index (κ1) is 22.6. The van der Waals surface area contributed by atoms with Gasteiger partial charge in [-0.15, -0.1) is 11.3 Å². The number of nitrogens with zero attached hydrogens (tertiary/aromatic N) is 1. The smallest absolute Gasteiger partial charge is 0.295 e. The molecule has 4 rings (SSSR count). The predicted molar refractivity (Wildman–Crippen MR) is 127 cm³/mol. The van der Waals surface area contributed by atoms with Gasteiger partial charge in [-0.1, -0.05) is 46.1 Å². The van der Waals surface area contributed by atoms with Gasteiger partial charge in [0.1, 0.15) is 11.5 Å². The third-order valence-electron chi connectivity index (χ3n) is 6.54. The van der Waals surface area contributed by atoms with Crippen molar-refractivity contribution < 1.29 is 19.4 Å². The van der Waals surface area contributed by atoms with Gasteiger partial charge < -0.3 is 14.7 Å². The van der Waals surface area contributed by atoms with Gasteiger partial charge >= 0.3 is 0 Å². The summed E-state index contributed by atoms with van der Waals surface area (Å²) in [5.74, 6) is -0.485. The summed E-state index contributed by atoms with van der Waals surface area (Å²) in [6.45, 7) is 6.22. The molecule has 1 unspecified atom stereocenters. The maximum absolute atomic E-state index is 13.3. The van der Waals surface area contributed by atoms with Crippen molar-refractivity contribution >= 4 is 28.8 Å². The molecule has 1 N–H and O–H groups in total. The standard InChI is InChI=1S/C26H31NO4S/c1-26(2,3)18-15-16(12-13-19(18)31-4)23(28)21-22(20-11-8-14-32-20)27(25(30)24(21)29)17-9-6-5-7-10-17/h8,11-15,17,22,28H,5-7,9-10H2,1-4H3/b23-21-. The molecule has 1 aliphatic heterocycles. The number of likely N-dealkylation sites (tertiary alicyclic amines) is 1. The van der Waals surface area contributed by atoms with E-state index in [1.165, 1.54) is 11.3 Å². The largest absolute Gasteiger partial charge is 0.507 e. The highest BCUT2D eigenvalue weighted by atomic mass is 32.1. The van der Waals surface area contributed by atoms with Crippen molar-refractivity contribution in [1.82, 2.24) is 4.90 Å². The fourth-order valence-electron chi connectivity index (χ4n) is 4.91. The minimum Gasteiger partial charge on any atom is -0.507 e. The Balaban J connectivity index is 1.86. The number of hydrogen-bond donors (Lipinski definition) is 1. The Bertz CT molecular complexity index is 1040. The Kier molecular flexibility index (Phi) is 6.17. The number of benzene rings is 1. The number of thiophene rings is 1. The molecule has 5 nitrogen and oxygen atoms in total. The number of ketones is 1. The second-order valence-corrected chi connectivity index (χ2v) is 10.7. The zero-order valence-corrected chi connectivity index (χ0v) is 20.0. The van der Waals surface area contributed by atoms with Crippen LogP contribution in [0.15, 0.2) is 41.3 Å². The number of rotatable bonds is 4. The molecule has 170 valence electrons. The fraction of sp³-hybridized carbons (Fsp3) is 0.462. The number of amides is 1. The molecule has 1 saturated carbocycles. The van der Waals surface area contributed by atoms with E-state index in [0.29, 0.717) is 5.56 Å². The first-order chi connectivity index (χ1) is 15.2. The lowest BCUT2D eigenvalue weighted by Gasteiger charge is -2.34. The molecule has 0 radical (unpaired) electrons. The average molecular weight is 454 g/mol. The van der Waals surface area contributed by atoms with Crippen LogP contribution in [0.4, 0.5) is 0 Å². The third kappa shape index (κ3) is 3.96. The summed E-state index contributed by atoms with van der Waals surface area (Å²) in [5, 5.41) is 13.3. The lowest BCUT2D eigenvalue weighted by Crippen LogP contribution is -2.40. The summed E-state index contributed by atoms with van der Waals surface area (Å²) >= 11 is 1.51. The average Bonchev–Trinajstić information content (AvgIpc) is 3.40. The van der Waals surface area contributed by atoms with Gasteiger partial charge in [0, 0.05) is 22.0 Å². The van der Waals surface area contributed by atoms with Gasteiger partial charge in [0.25, 0.3) is 11.7 Å². The van der Waals surface area contributed by atoms with Crippen LogP contribution in [0.25, 0.3) is 5.76 Å². The molecule has 2 aliphatic rings. The van der Waals surface area contributed by atoms with E-state index >= 15 is 0 Å². The van der Waals surface area contributed by atoms with Crippen molar-refractivity contribution in [2.24, 2.45) is 0 Å². The Morgan fingerprint density at radius 3 is 2.44 bits per heavy atom. The monoisotopic (exact) mass is 453 g/mol. The van der Waals surface area contributed by atoms with E-state index < -0.39 is 17.7 Å². The number of hydrogen-bond acceptors (Lipinski definition) is 5. The maximum Gasteiger partial charge on any atom is 0.295 e. The summed E-state index contributed by atoms with van der Waals surface area (Å²) in [5.41, 5.74) is 1.42. The van der Waals surface area contributed by atoms with Crippen LogP contribution >= 0.6 is 11.3 Å². The van der Waals surface area contributed by atoms with Crippen molar-refractivity contribution in [3.05, 3.63) is 57.3 Å². The van der Waals surface area contributed by atoms with Crippen LogP contribution in [0.1, 0.15) is 74.9 Å². The number of aliphatic hydroxyl groups is 1. The predicted octanol–water partition coefficient (Wildman–Crippen LogP) is 5.81. The van der Waals surface area contributed by atoms with Crippen LogP contribution in [-0.2, 0) is 15.0 Å². The highest BCUT2D eigenvalue weighted by Crippen LogP contribution is 2.45. The summed E-state index contributed by atoms with van der Waals surface area (Å²) in [7, 11) is 1.62. The molecule has 0 spiro atoms. The van der Waals surface area contributed by atoms with E-state index in [2.05, 4.69) is 20.8 Å². The highest BCUT2D eigenvalue weighted by molar-refractivity contribution is 7.10. The molecular weight excluding hydrogens is 422 g/mol. The van der Waals surface area contributed by atoms with Crippen molar-refractivity contribution in [3.8, 4) is 5.75 Å². The van der Waals surface area contributed by atoms with Crippen LogP contribution in [0, 0.1) is 0 Å². The number of ether oxygens (including phenoxy) is 1. The molecule has 2 aromatic rings. The van der Waals surface area contributed by atoms with Crippen LogP contribution < -0.4 is 4.74 Å². The quantitative estimate of drug-likeness (QED) is 0.360. The first-order valence-electron chi connectivity index (χ1n) is 11.3. The normalized spacial score (nSPS) is 21.9. The zero-order chi connectivity index (χ0) is 23.0. The zero-order valence-electron chi connectivity index (χ0n) is 19.2. The SMILES string of the molecule is COc1ccc(/C(O)=C2/C(=O)C(=O)N(C3CCCCC3)C2c2cccs2)cc1C(C)(C)C. The molecule has 1 aliphatic carbocycles. The van der Waals surface area contributed by atoms with E-state index in [-0.39, 0.29) is 22.8 Å². The molecule has 1 aromatic heterocycles. The topological polar surface area (TPSA) is 66.8 Å². The number of aliphatic hydroxyl groups excluding tert-OH is 1. The summed E-state index contributed by atoms with van der Waals surface area (Å²) in [6, 6.07) is 8.78. The Hall–Kier alpha value is -2.60. The lowest BCUT2D eigenvalue weighted by atomic mass is 9.84. The van der Waals surface area contributed by atoms with Gasteiger partial charge in [-0.2, -0.15) is 0 Å². The molecule has 1 aromatic carbocycles. The second-order valence-electron chi connectivity index (χ2n) is 9.68. The van der Waals surface area contributed by atoms with Crippen molar-refractivity contribution in [2.75, 3.05) is 7.11 Å². The van der Waals surface area contributed by atoms with Crippen LogP contribution in [-0.4, -0.2) is 34.8 Å². The highest BCUT2D eigenvalue weighted by Gasteiger charge is 2.49. The van der Waals surface area contributed by atoms with Crippen LogP contribution in [0.2, 0.25) is 0 Å². The van der Waals surface area contributed by atoms with E-state index in [9.17, 15) is 14.7 Å². The fourth-order valence-corrected chi connectivity index (χ4v) is 5.74. The number of Topliss-reactive ketones (excluding diaryl/α,β-unsaturated/α-hetero) is 1. The minimum absolute atomic E-state index is 0.0265. The van der Waals surface area contributed by atoms with Crippen LogP contribution in [0.3, 0.4) is 0 Å². The van der Waals surface area contributed by atoms with Gasteiger partial charge in [-0.05, 0) is 47.9 Å². The lowest BCUT2D eigenvalue weighted by molar-refractivity contribution is -0.141. The summed E-state index contributed by atoms with van der Waals surface area (Å²) < 4.78 is 5.52. The molecule has 32 heavy (non-hydrogen) atoms. The van der Waals surface area contributed by atoms with Crippen molar-refractivity contribution in [2.45, 2.75) is 70.4 Å². The van der Waals surface area contributed by atoms with Crippen molar-refractivity contribution in [3.63, 3.8) is 0 Å². The van der Waals surface area contributed by atoms with Gasteiger partial charge in [-0.3, -0.25) is 9.59 Å². The molecule has 1 atom stereocenters. The molecule has 2 fully saturated rings. The van der Waals surface area contributed by atoms with E-state index in [1.807, 2.05) is 29.6 Å². The van der Waals surface area contributed by atoms with Gasteiger partial charge in [0.05, 0.1) is 18.7 Å². The van der Waals surface area contributed by atoms with Gasteiger partial charge in [-0.25, -0.2) is 0 Å². The molecule has 1 amide bonds. The van der Waals surface area contributed by atoms with Gasteiger partial charge in [0.2, 0.25) is 0 Å². The van der Waals surface area contributed by atoms with E-state index in [1.54, 1.807) is 18.1 Å². The maximum atomic E-state index is 13.3. The van der Waals surface area contributed by atoms with E-state index in [0.717, 1.165) is 48.3 Å². The molecule has 0 bridgehead atoms. The molecule has 6 heteroatoms. The number of carbonyl (C=O) groups is 2. The first-order valence-corrected chi connectivity index (χ1v) is 12.1. The second kappa shape index (κ2) is 8.74. The van der Waals surface area contributed by atoms with Crippen molar-refractivity contribution in [1.29, 1.82) is 0 Å². The third-order valence-corrected chi connectivity index (χ3v) is 7.47. The molecular formula is C26H31NO4S. The Morgan fingerprint density at radius 2 is 1.84 bits per heavy atom. The van der Waals surface area contributed by atoms with E-state index in [4.69, 9.17) is 4.74 Å². The molecule has 1 saturated heterocycles. The number of carbonyl (C=O) groups excluding carboxylic acids is 2.